The average Bonchev–Trinajstić information content (AvgIpc) is 2.57. The van der Waals surface area contributed by atoms with Crippen molar-refractivity contribution >= 4 is 11.9 Å². The minimum atomic E-state index is -0.445. The number of hydrogen-bond donors (Lipinski definition) is 1. The second-order valence-electron chi connectivity index (χ2n) is 4.02. The van der Waals surface area contributed by atoms with Gasteiger partial charge in [0.15, 0.2) is 0 Å². The summed E-state index contributed by atoms with van der Waals surface area (Å²) in [7, 11) is 1.50. The molecular formula is C12H14N2O2. The van der Waals surface area contributed by atoms with E-state index in [1.807, 2.05) is 37.3 Å². The van der Waals surface area contributed by atoms with Crippen LogP contribution in [-0.2, 0) is 4.79 Å². The number of likely N-dealkylation sites (N-methyl/N-ethyl adjacent to an activating group) is 1. The molecule has 4 heteroatoms. The third-order valence-electron chi connectivity index (χ3n) is 3.01. The van der Waals surface area contributed by atoms with Crippen molar-refractivity contribution in [1.82, 2.24) is 10.2 Å². The second kappa shape index (κ2) is 3.96. The first-order valence-corrected chi connectivity index (χ1v) is 5.24. The van der Waals surface area contributed by atoms with E-state index < -0.39 is 6.04 Å². The third-order valence-corrected chi connectivity index (χ3v) is 3.01. The van der Waals surface area contributed by atoms with Crippen molar-refractivity contribution in [2.24, 2.45) is 0 Å². The molecule has 1 aromatic carbocycles. The predicted molar refractivity (Wildman–Crippen MR) is 59.9 cm³/mol. The minimum Gasteiger partial charge on any atom is -0.325 e. The Morgan fingerprint density at radius 1 is 1.25 bits per heavy atom. The Hall–Kier alpha value is -1.84. The van der Waals surface area contributed by atoms with Crippen molar-refractivity contribution in [3.05, 3.63) is 35.9 Å². The maximum absolute atomic E-state index is 11.8. The van der Waals surface area contributed by atoms with Gasteiger partial charge in [-0.15, -0.1) is 0 Å². The Morgan fingerprint density at radius 3 is 2.38 bits per heavy atom. The highest BCUT2D eigenvalue weighted by atomic mass is 16.2. The van der Waals surface area contributed by atoms with Crippen LogP contribution in [0.5, 0.6) is 0 Å². The molecule has 3 amide bonds. The van der Waals surface area contributed by atoms with Crippen molar-refractivity contribution < 1.29 is 9.59 Å². The second-order valence-corrected chi connectivity index (χ2v) is 4.02. The summed E-state index contributed by atoms with van der Waals surface area (Å²) in [6.07, 6.45) is 0. The van der Waals surface area contributed by atoms with E-state index in [1.54, 1.807) is 0 Å². The molecule has 0 radical (unpaired) electrons. The van der Waals surface area contributed by atoms with Crippen molar-refractivity contribution in [3.63, 3.8) is 0 Å². The van der Waals surface area contributed by atoms with Gasteiger partial charge in [0.25, 0.3) is 5.91 Å². The molecule has 0 aromatic heterocycles. The number of nitrogens with one attached hydrogen (secondary N) is 1. The van der Waals surface area contributed by atoms with Crippen LogP contribution in [0, 0.1) is 0 Å². The van der Waals surface area contributed by atoms with E-state index in [9.17, 15) is 9.59 Å². The maximum Gasteiger partial charge on any atom is 0.324 e. The fourth-order valence-electron chi connectivity index (χ4n) is 1.89. The first kappa shape index (κ1) is 10.7. The number of carbonyl (C=O) groups is 2. The highest BCUT2D eigenvalue weighted by Crippen LogP contribution is 2.22. The fourth-order valence-corrected chi connectivity index (χ4v) is 1.89. The summed E-state index contributed by atoms with van der Waals surface area (Å²) in [5.41, 5.74) is 1.05. The van der Waals surface area contributed by atoms with E-state index in [2.05, 4.69) is 5.32 Å². The first-order chi connectivity index (χ1) is 7.61. The SMILES string of the molecule is CC(c1ccccc1)C1NC(=O)N(C)C1=O. The number of hydrogen-bond acceptors (Lipinski definition) is 2. The quantitative estimate of drug-likeness (QED) is 0.761. The number of amides is 3. The number of carbonyl (C=O) groups excluding carboxylic acids is 2. The summed E-state index contributed by atoms with van der Waals surface area (Å²) in [5.74, 6) is -0.177. The van der Waals surface area contributed by atoms with Crippen LogP contribution >= 0.6 is 0 Å². The fraction of sp³-hybridized carbons (Fsp3) is 0.333. The van der Waals surface area contributed by atoms with Gasteiger partial charge in [0.2, 0.25) is 0 Å². The molecule has 1 heterocycles. The molecule has 1 N–H and O–H groups in total. The van der Waals surface area contributed by atoms with Gasteiger partial charge in [-0.1, -0.05) is 37.3 Å². The summed E-state index contributed by atoms with van der Waals surface area (Å²) in [6, 6.07) is 8.94. The van der Waals surface area contributed by atoms with Gasteiger partial charge in [-0.2, -0.15) is 0 Å². The monoisotopic (exact) mass is 218 g/mol. The van der Waals surface area contributed by atoms with E-state index in [-0.39, 0.29) is 17.9 Å². The molecule has 0 bridgehead atoms. The minimum absolute atomic E-state index is 0.0115. The number of nitrogens with zero attached hydrogens (tertiary/aromatic N) is 1. The van der Waals surface area contributed by atoms with Crippen molar-refractivity contribution in [3.8, 4) is 0 Å². The Bertz CT molecular complexity index is 416. The average molecular weight is 218 g/mol. The Balaban J connectivity index is 2.21. The van der Waals surface area contributed by atoms with Crippen LogP contribution in [-0.4, -0.2) is 29.9 Å². The summed E-state index contributed by atoms with van der Waals surface area (Å²) in [4.78, 5) is 24.2. The predicted octanol–water partition coefficient (Wildman–Crippen LogP) is 1.34. The smallest absolute Gasteiger partial charge is 0.324 e. The van der Waals surface area contributed by atoms with Gasteiger partial charge >= 0.3 is 6.03 Å². The van der Waals surface area contributed by atoms with Gasteiger partial charge in [0, 0.05) is 13.0 Å². The lowest BCUT2D eigenvalue weighted by Crippen LogP contribution is -2.34. The third kappa shape index (κ3) is 1.66. The number of imide groups is 1. The zero-order valence-corrected chi connectivity index (χ0v) is 9.31. The molecule has 2 unspecified atom stereocenters. The molecule has 0 aliphatic carbocycles. The summed E-state index contributed by atoms with van der Waals surface area (Å²) in [6.45, 7) is 1.94. The normalized spacial score (nSPS) is 22.1. The Labute approximate surface area is 94.2 Å². The van der Waals surface area contributed by atoms with Gasteiger partial charge < -0.3 is 5.32 Å². The molecule has 1 aliphatic rings. The van der Waals surface area contributed by atoms with Crippen molar-refractivity contribution in [2.75, 3.05) is 7.05 Å². The van der Waals surface area contributed by atoms with E-state index in [4.69, 9.17) is 0 Å². The molecular weight excluding hydrogens is 204 g/mol. The summed E-state index contributed by atoms with van der Waals surface area (Å²) in [5, 5.41) is 2.69. The summed E-state index contributed by atoms with van der Waals surface area (Å²) >= 11 is 0. The van der Waals surface area contributed by atoms with Crippen LogP contribution in [0.3, 0.4) is 0 Å². The molecule has 1 aromatic rings. The molecule has 0 saturated carbocycles. The molecule has 4 nitrogen and oxygen atoms in total. The van der Waals surface area contributed by atoms with Gasteiger partial charge in [-0.25, -0.2) is 4.79 Å². The lowest BCUT2D eigenvalue weighted by Gasteiger charge is -2.17. The highest BCUT2D eigenvalue weighted by Gasteiger charge is 2.38. The van der Waals surface area contributed by atoms with E-state index in [1.165, 1.54) is 7.05 Å². The Kier molecular flexibility index (Phi) is 2.64. The molecule has 1 saturated heterocycles. The molecule has 16 heavy (non-hydrogen) atoms. The highest BCUT2D eigenvalue weighted by molar-refractivity contribution is 6.04. The number of rotatable bonds is 2. The number of urea groups is 1. The van der Waals surface area contributed by atoms with Crippen LogP contribution in [0.4, 0.5) is 4.79 Å². The maximum atomic E-state index is 11.8. The van der Waals surface area contributed by atoms with Crippen LogP contribution in [0.15, 0.2) is 30.3 Å². The van der Waals surface area contributed by atoms with Crippen LogP contribution < -0.4 is 5.32 Å². The topological polar surface area (TPSA) is 49.4 Å². The number of benzene rings is 1. The zero-order chi connectivity index (χ0) is 11.7. The zero-order valence-electron chi connectivity index (χ0n) is 9.31. The standard InChI is InChI=1S/C12H14N2O2/c1-8(9-6-4-3-5-7-9)10-11(15)14(2)12(16)13-10/h3-8,10H,1-2H3,(H,13,16). The van der Waals surface area contributed by atoms with Gasteiger partial charge in [-0.3, -0.25) is 9.69 Å². The molecule has 1 fully saturated rings. The molecule has 0 spiro atoms. The summed E-state index contributed by atoms with van der Waals surface area (Å²) < 4.78 is 0. The van der Waals surface area contributed by atoms with Crippen LogP contribution in [0.25, 0.3) is 0 Å². The van der Waals surface area contributed by atoms with Crippen molar-refractivity contribution in [1.29, 1.82) is 0 Å². The van der Waals surface area contributed by atoms with Gasteiger partial charge in [0.1, 0.15) is 6.04 Å². The van der Waals surface area contributed by atoms with Gasteiger partial charge in [-0.05, 0) is 5.56 Å². The lowest BCUT2D eigenvalue weighted by molar-refractivity contribution is -0.126. The van der Waals surface area contributed by atoms with Crippen molar-refractivity contribution in [2.45, 2.75) is 18.9 Å². The molecule has 2 atom stereocenters. The van der Waals surface area contributed by atoms with E-state index >= 15 is 0 Å². The van der Waals surface area contributed by atoms with Gasteiger partial charge in [0.05, 0.1) is 0 Å². The van der Waals surface area contributed by atoms with Crippen LogP contribution in [0.2, 0.25) is 0 Å². The largest absolute Gasteiger partial charge is 0.325 e. The molecule has 2 rings (SSSR count). The first-order valence-electron chi connectivity index (χ1n) is 5.24. The molecule has 84 valence electrons. The molecule has 1 aliphatic heterocycles. The Morgan fingerprint density at radius 2 is 1.88 bits per heavy atom. The van der Waals surface area contributed by atoms with Crippen LogP contribution in [0.1, 0.15) is 18.4 Å². The van der Waals surface area contributed by atoms with E-state index in [0.29, 0.717) is 0 Å². The van der Waals surface area contributed by atoms with E-state index in [0.717, 1.165) is 10.5 Å². The lowest BCUT2D eigenvalue weighted by atomic mass is 9.93.